The van der Waals surface area contributed by atoms with Crippen molar-refractivity contribution in [3.8, 4) is 5.75 Å². The van der Waals surface area contributed by atoms with E-state index in [1.54, 1.807) is 23.1 Å². The zero-order valence-electron chi connectivity index (χ0n) is 13.1. The molecule has 0 spiro atoms. The van der Waals surface area contributed by atoms with E-state index < -0.39 is 0 Å². The summed E-state index contributed by atoms with van der Waals surface area (Å²) in [6.45, 7) is 4.30. The van der Waals surface area contributed by atoms with Crippen molar-refractivity contribution in [1.29, 1.82) is 0 Å². The van der Waals surface area contributed by atoms with Gasteiger partial charge < -0.3 is 14.4 Å². The van der Waals surface area contributed by atoms with Gasteiger partial charge in [-0.1, -0.05) is 19.1 Å². The fraction of sp³-hybridized carbons (Fsp3) is 0.500. The Balaban J connectivity index is 2.96. The molecule has 21 heavy (non-hydrogen) atoms. The summed E-state index contributed by atoms with van der Waals surface area (Å²) in [6, 6.07) is 7.13. The number of hydrogen-bond acceptors (Lipinski definition) is 4. The number of para-hydroxylation sites is 1. The van der Waals surface area contributed by atoms with E-state index in [2.05, 4.69) is 4.74 Å². The maximum absolute atomic E-state index is 12.7. The van der Waals surface area contributed by atoms with Crippen molar-refractivity contribution in [3.05, 3.63) is 29.8 Å². The van der Waals surface area contributed by atoms with Gasteiger partial charge >= 0.3 is 5.97 Å². The molecule has 1 aromatic carbocycles. The molecule has 1 atom stereocenters. The maximum atomic E-state index is 12.7. The first kappa shape index (κ1) is 17.0. The molecule has 1 aromatic rings. The number of amides is 1. The van der Waals surface area contributed by atoms with Crippen molar-refractivity contribution in [2.45, 2.75) is 32.7 Å². The van der Waals surface area contributed by atoms with Crippen LogP contribution in [0.2, 0.25) is 0 Å². The average Bonchev–Trinajstić information content (AvgIpc) is 2.53. The highest BCUT2D eigenvalue weighted by Crippen LogP contribution is 2.21. The molecule has 1 unspecified atom stereocenters. The zero-order chi connectivity index (χ0) is 15.8. The van der Waals surface area contributed by atoms with Gasteiger partial charge in [0.1, 0.15) is 5.75 Å². The molecule has 0 aromatic heterocycles. The van der Waals surface area contributed by atoms with Crippen LogP contribution in [0, 0.1) is 0 Å². The highest BCUT2D eigenvalue weighted by molar-refractivity contribution is 5.97. The van der Waals surface area contributed by atoms with Gasteiger partial charge in [0, 0.05) is 12.6 Å². The first-order chi connectivity index (χ1) is 10.0. The van der Waals surface area contributed by atoms with E-state index in [0.29, 0.717) is 17.9 Å². The van der Waals surface area contributed by atoms with Gasteiger partial charge in [-0.15, -0.1) is 0 Å². The Hall–Kier alpha value is -2.04. The molecule has 1 amide bonds. The molecule has 0 fully saturated rings. The molecule has 0 aliphatic carbocycles. The van der Waals surface area contributed by atoms with Crippen LogP contribution in [-0.2, 0) is 9.53 Å². The van der Waals surface area contributed by atoms with Crippen molar-refractivity contribution < 1.29 is 19.1 Å². The van der Waals surface area contributed by atoms with Gasteiger partial charge in [0.25, 0.3) is 5.91 Å². The number of nitrogens with zero attached hydrogens (tertiary/aromatic N) is 1. The summed E-state index contributed by atoms with van der Waals surface area (Å²) in [5.74, 6) is 0.0794. The van der Waals surface area contributed by atoms with Gasteiger partial charge in [0.2, 0.25) is 0 Å². The third kappa shape index (κ3) is 4.48. The minimum Gasteiger partial charge on any atom is -0.496 e. The fourth-order valence-electron chi connectivity index (χ4n) is 2.03. The largest absolute Gasteiger partial charge is 0.496 e. The predicted octanol–water partition coefficient (Wildman–Crippen LogP) is 2.50. The lowest BCUT2D eigenvalue weighted by Gasteiger charge is -2.29. The molecule has 0 aliphatic rings. The van der Waals surface area contributed by atoms with E-state index >= 15 is 0 Å². The van der Waals surface area contributed by atoms with Gasteiger partial charge in [-0.2, -0.15) is 0 Å². The molecule has 116 valence electrons. The summed E-state index contributed by atoms with van der Waals surface area (Å²) in [6.07, 6.45) is 0.990. The second-order valence-electron chi connectivity index (χ2n) is 4.78. The Morgan fingerprint density at radius 2 is 1.90 bits per heavy atom. The molecular formula is C16H23NO4. The third-order valence-corrected chi connectivity index (χ3v) is 3.51. The standard InChI is InChI=1S/C16H23NO4/c1-5-12(2)17(11-10-15(18)21-4)16(19)13-8-6-7-9-14(13)20-3/h6-9,12H,5,10-11H2,1-4H3. The number of rotatable bonds is 7. The summed E-state index contributed by atoms with van der Waals surface area (Å²) in [7, 11) is 2.88. The smallest absolute Gasteiger partial charge is 0.307 e. The molecule has 0 saturated heterocycles. The second kappa shape index (κ2) is 8.29. The fourth-order valence-corrected chi connectivity index (χ4v) is 2.03. The zero-order valence-corrected chi connectivity index (χ0v) is 13.1. The van der Waals surface area contributed by atoms with E-state index in [9.17, 15) is 9.59 Å². The number of carbonyl (C=O) groups excluding carboxylic acids is 2. The number of methoxy groups -OCH3 is 2. The average molecular weight is 293 g/mol. The van der Waals surface area contributed by atoms with Gasteiger partial charge in [-0.25, -0.2) is 0 Å². The highest BCUT2D eigenvalue weighted by Gasteiger charge is 2.23. The van der Waals surface area contributed by atoms with E-state index in [1.165, 1.54) is 14.2 Å². The predicted molar refractivity (Wildman–Crippen MR) is 80.4 cm³/mol. The van der Waals surface area contributed by atoms with Gasteiger partial charge in [-0.05, 0) is 25.5 Å². The topological polar surface area (TPSA) is 55.8 Å². The monoisotopic (exact) mass is 293 g/mol. The Morgan fingerprint density at radius 1 is 1.24 bits per heavy atom. The molecule has 0 saturated carbocycles. The van der Waals surface area contributed by atoms with Crippen molar-refractivity contribution in [3.63, 3.8) is 0 Å². The number of benzene rings is 1. The highest BCUT2D eigenvalue weighted by atomic mass is 16.5. The molecule has 5 nitrogen and oxygen atoms in total. The van der Waals surface area contributed by atoms with E-state index in [4.69, 9.17) is 4.74 Å². The van der Waals surface area contributed by atoms with E-state index in [1.807, 2.05) is 19.9 Å². The second-order valence-corrected chi connectivity index (χ2v) is 4.78. The van der Waals surface area contributed by atoms with Gasteiger partial charge in [0.05, 0.1) is 26.2 Å². The summed E-state index contributed by atoms with van der Waals surface area (Å²) in [4.78, 5) is 25.7. The Bertz CT molecular complexity index is 487. The Morgan fingerprint density at radius 3 is 2.48 bits per heavy atom. The number of hydrogen-bond donors (Lipinski definition) is 0. The van der Waals surface area contributed by atoms with Crippen molar-refractivity contribution in [2.24, 2.45) is 0 Å². The summed E-state index contributed by atoms with van der Waals surface area (Å²) >= 11 is 0. The quantitative estimate of drug-likeness (QED) is 0.725. The minimum absolute atomic E-state index is 0.0343. The lowest BCUT2D eigenvalue weighted by atomic mass is 10.1. The van der Waals surface area contributed by atoms with Crippen LogP contribution in [0.15, 0.2) is 24.3 Å². The van der Waals surface area contributed by atoms with E-state index in [0.717, 1.165) is 6.42 Å². The summed E-state index contributed by atoms with van der Waals surface area (Å²) in [5, 5.41) is 0. The van der Waals surface area contributed by atoms with Crippen LogP contribution in [0.3, 0.4) is 0 Å². The third-order valence-electron chi connectivity index (χ3n) is 3.51. The van der Waals surface area contributed by atoms with Crippen LogP contribution in [-0.4, -0.2) is 43.6 Å². The van der Waals surface area contributed by atoms with Crippen LogP contribution in [0.4, 0.5) is 0 Å². The van der Waals surface area contributed by atoms with Crippen molar-refractivity contribution >= 4 is 11.9 Å². The molecule has 0 heterocycles. The van der Waals surface area contributed by atoms with Crippen LogP contribution >= 0.6 is 0 Å². The molecule has 1 rings (SSSR count). The van der Waals surface area contributed by atoms with Crippen molar-refractivity contribution in [2.75, 3.05) is 20.8 Å². The Labute approximate surface area is 125 Å². The Kier molecular flexibility index (Phi) is 6.72. The molecule has 0 N–H and O–H groups in total. The molecule has 5 heteroatoms. The summed E-state index contributed by atoms with van der Waals surface area (Å²) in [5.41, 5.74) is 0.505. The van der Waals surface area contributed by atoms with Gasteiger partial charge in [-0.3, -0.25) is 9.59 Å². The number of carbonyl (C=O) groups is 2. The molecular weight excluding hydrogens is 270 g/mol. The maximum Gasteiger partial charge on any atom is 0.307 e. The first-order valence-corrected chi connectivity index (χ1v) is 7.05. The van der Waals surface area contributed by atoms with Crippen LogP contribution in [0.1, 0.15) is 37.0 Å². The minimum atomic E-state index is -0.323. The van der Waals surface area contributed by atoms with Crippen molar-refractivity contribution in [1.82, 2.24) is 4.90 Å². The lowest BCUT2D eigenvalue weighted by Crippen LogP contribution is -2.40. The molecule has 0 bridgehead atoms. The van der Waals surface area contributed by atoms with E-state index in [-0.39, 0.29) is 24.3 Å². The molecule has 0 radical (unpaired) electrons. The first-order valence-electron chi connectivity index (χ1n) is 7.05. The van der Waals surface area contributed by atoms with Crippen LogP contribution in [0.5, 0.6) is 5.75 Å². The van der Waals surface area contributed by atoms with Gasteiger partial charge in [0.15, 0.2) is 0 Å². The summed E-state index contributed by atoms with van der Waals surface area (Å²) < 4.78 is 9.88. The van der Waals surface area contributed by atoms with Crippen LogP contribution in [0.25, 0.3) is 0 Å². The normalized spacial score (nSPS) is 11.6. The lowest BCUT2D eigenvalue weighted by molar-refractivity contribution is -0.140. The SMILES string of the molecule is CCC(C)N(CCC(=O)OC)C(=O)c1ccccc1OC. The molecule has 0 aliphatic heterocycles. The number of ether oxygens (including phenoxy) is 2. The number of esters is 1. The van der Waals surface area contributed by atoms with Crippen LogP contribution < -0.4 is 4.74 Å².